The molecule has 110 valence electrons. The summed E-state index contributed by atoms with van der Waals surface area (Å²) in [5, 5.41) is 3.22. The lowest BCUT2D eigenvalue weighted by Gasteiger charge is -2.32. The Morgan fingerprint density at radius 3 is 2.42 bits per heavy atom. The van der Waals surface area contributed by atoms with E-state index in [2.05, 4.69) is 5.32 Å². The zero-order valence-corrected chi connectivity index (χ0v) is 12.3. The lowest BCUT2D eigenvalue weighted by molar-refractivity contribution is -0.147. The van der Waals surface area contributed by atoms with E-state index in [1.807, 2.05) is 30.7 Å². The summed E-state index contributed by atoms with van der Waals surface area (Å²) >= 11 is 0. The quantitative estimate of drug-likeness (QED) is 0.686. The Morgan fingerprint density at radius 1 is 1.32 bits per heavy atom. The summed E-state index contributed by atoms with van der Waals surface area (Å²) in [6.07, 6.45) is 0. The van der Waals surface area contributed by atoms with E-state index in [0.29, 0.717) is 6.54 Å². The molecule has 0 bridgehead atoms. The van der Waals surface area contributed by atoms with Crippen LogP contribution in [-0.4, -0.2) is 74.6 Å². The second-order valence-corrected chi connectivity index (χ2v) is 5.10. The summed E-state index contributed by atoms with van der Waals surface area (Å²) in [4.78, 5) is 27.4. The molecule has 1 saturated heterocycles. The first-order valence-corrected chi connectivity index (χ1v) is 6.74. The van der Waals surface area contributed by atoms with Crippen molar-refractivity contribution >= 4 is 11.9 Å². The molecule has 6 nitrogen and oxygen atoms in total. The molecule has 0 aromatic carbocycles. The maximum Gasteiger partial charge on any atom is 0.309 e. The van der Waals surface area contributed by atoms with Crippen LogP contribution in [0.1, 0.15) is 13.8 Å². The fourth-order valence-corrected chi connectivity index (χ4v) is 2.14. The Bertz CT molecular complexity index is 316. The Balaban J connectivity index is 2.46. The fourth-order valence-electron chi connectivity index (χ4n) is 2.14. The highest BCUT2D eigenvalue weighted by Crippen LogP contribution is 2.11. The van der Waals surface area contributed by atoms with Gasteiger partial charge in [-0.1, -0.05) is 6.92 Å². The van der Waals surface area contributed by atoms with Gasteiger partial charge in [0, 0.05) is 32.2 Å². The molecule has 1 fully saturated rings. The van der Waals surface area contributed by atoms with E-state index in [0.717, 1.165) is 26.2 Å². The number of amides is 1. The molecular weight excluding hydrogens is 246 g/mol. The minimum atomic E-state index is -0.245. The number of nitrogens with one attached hydrogen (secondary N) is 1. The van der Waals surface area contributed by atoms with Crippen LogP contribution in [0.2, 0.25) is 0 Å². The molecule has 0 radical (unpaired) electrons. The van der Waals surface area contributed by atoms with Crippen LogP contribution in [0.15, 0.2) is 0 Å². The topological polar surface area (TPSA) is 61.9 Å². The van der Waals surface area contributed by atoms with Gasteiger partial charge in [-0.3, -0.25) is 14.5 Å². The van der Waals surface area contributed by atoms with Crippen LogP contribution in [-0.2, 0) is 14.3 Å². The summed E-state index contributed by atoms with van der Waals surface area (Å²) in [5.41, 5.74) is 0. The molecule has 1 heterocycles. The third kappa shape index (κ3) is 4.47. The summed E-state index contributed by atoms with van der Waals surface area (Å²) in [7, 11) is 3.25. The van der Waals surface area contributed by atoms with E-state index in [4.69, 9.17) is 4.74 Å². The summed E-state index contributed by atoms with van der Waals surface area (Å²) in [5.74, 6) is -0.368. The number of hydrogen-bond donors (Lipinski definition) is 1. The van der Waals surface area contributed by atoms with Gasteiger partial charge in [0.25, 0.3) is 0 Å². The number of likely N-dealkylation sites (N-methyl/N-ethyl adjacent to an activating group) is 1. The van der Waals surface area contributed by atoms with Crippen molar-refractivity contribution in [3.63, 3.8) is 0 Å². The van der Waals surface area contributed by atoms with E-state index < -0.39 is 0 Å². The molecule has 1 amide bonds. The first-order chi connectivity index (χ1) is 8.97. The van der Waals surface area contributed by atoms with Crippen LogP contribution in [0.3, 0.4) is 0 Å². The average molecular weight is 271 g/mol. The number of piperazine rings is 1. The molecule has 2 atom stereocenters. The molecule has 2 unspecified atom stereocenters. The highest BCUT2D eigenvalue weighted by Gasteiger charge is 2.26. The molecule has 0 aromatic heterocycles. The lowest BCUT2D eigenvalue weighted by atomic mass is 10.0. The Morgan fingerprint density at radius 2 is 1.89 bits per heavy atom. The van der Waals surface area contributed by atoms with Crippen molar-refractivity contribution in [2.24, 2.45) is 5.92 Å². The van der Waals surface area contributed by atoms with Crippen LogP contribution in [0, 0.1) is 5.92 Å². The highest BCUT2D eigenvalue weighted by molar-refractivity contribution is 5.78. The maximum absolute atomic E-state index is 12.1. The predicted octanol–water partition coefficient (Wildman–Crippen LogP) is -0.452. The van der Waals surface area contributed by atoms with Gasteiger partial charge < -0.3 is 15.0 Å². The molecule has 1 aliphatic rings. The molecule has 0 spiro atoms. The van der Waals surface area contributed by atoms with Crippen molar-refractivity contribution in [1.29, 1.82) is 0 Å². The molecule has 0 saturated carbocycles. The molecule has 1 N–H and O–H groups in total. The number of carbonyl (C=O) groups excluding carboxylic acids is 2. The predicted molar refractivity (Wildman–Crippen MR) is 72.7 cm³/mol. The molecule has 0 aromatic rings. The van der Waals surface area contributed by atoms with Crippen molar-refractivity contribution in [3.05, 3.63) is 0 Å². The molecule has 6 heteroatoms. The van der Waals surface area contributed by atoms with E-state index in [9.17, 15) is 9.59 Å². The van der Waals surface area contributed by atoms with Gasteiger partial charge in [-0.2, -0.15) is 0 Å². The van der Waals surface area contributed by atoms with Gasteiger partial charge in [0.05, 0.1) is 19.6 Å². The van der Waals surface area contributed by atoms with Gasteiger partial charge in [0.15, 0.2) is 0 Å². The number of nitrogens with zero attached hydrogens (tertiary/aromatic N) is 2. The first kappa shape index (κ1) is 15.9. The normalized spacial score (nSPS) is 19.1. The van der Waals surface area contributed by atoms with E-state index >= 15 is 0 Å². The molecule has 1 rings (SSSR count). The lowest BCUT2D eigenvalue weighted by Crippen LogP contribution is -2.51. The zero-order chi connectivity index (χ0) is 14.4. The van der Waals surface area contributed by atoms with E-state index in [1.165, 1.54) is 7.11 Å². The van der Waals surface area contributed by atoms with Crippen molar-refractivity contribution in [2.45, 2.75) is 19.9 Å². The fraction of sp³-hybridized carbons (Fsp3) is 0.846. The largest absolute Gasteiger partial charge is 0.469 e. The SMILES string of the molecule is COC(=O)C(C)C(C)N(C)CC(=O)N1CCNCC1. The maximum atomic E-state index is 12.1. The Kier molecular flexibility index (Phi) is 6.24. The first-order valence-electron chi connectivity index (χ1n) is 6.74. The van der Waals surface area contributed by atoms with Gasteiger partial charge in [-0.05, 0) is 14.0 Å². The molecule has 1 aliphatic heterocycles. The zero-order valence-electron chi connectivity index (χ0n) is 12.3. The second-order valence-electron chi connectivity index (χ2n) is 5.10. The number of rotatable bonds is 5. The van der Waals surface area contributed by atoms with Gasteiger partial charge in [0.1, 0.15) is 0 Å². The van der Waals surface area contributed by atoms with Crippen LogP contribution in [0.5, 0.6) is 0 Å². The van der Waals surface area contributed by atoms with Crippen molar-refractivity contribution in [2.75, 3.05) is 46.9 Å². The van der Waals surface area contributed by atoms with Gasteiger partial charge in [-0.25, -0.2) is 0 Å². The Hall–Kier alpha value is -1.14. The van der Waals surface area contributed by atoms with Crippen LogP contribution >= 0.6 is 0 Å². The van der Waals surface area contributed by atoms with Crippen molar-refractivity contribution < 1.29 is 14.3 Å². The summed E-state index contributed by atoms with van der Waals surface area (Å²) < 4.78 is 4.74. The number of esters is 1. The van der Waals surface area contributed by atoms with Crippen molar-refractivity contribution in [1.82, 2.24) is 15.1 Å². The van der Waals surface area contributed by atoms with Crippen LogP contribution in [0.25, 0.3) is 0 Å². The standard InChI is InChI=1S/C13H25N3O3/c1-10(13(18)19-4)11(2)15(3)9-12(17)16-7-5-14-6-8-16/h10-11,14H,5-9H2,1-4H3. The van der Waals surface area contributed by atoms with Crippen LogP contribution < -0.4 is 5.32 Å². The monoisotopic (exact) mass is 271 g/mol. The van der Waals surface area contributed by atoms with Crippen molar-refractivity contribution in [3.8, 4) is 0 Å². The smallest absolute Gasteiger partial charge is 0.309 e. The minimum Gasteiger partial charge on any atom is -0.469 e. The summed E-state index contributed by atoms with van der Waals surface area (Å²) in [6.45, 7) is 7.31. The van der Waals surface area contributed by atoms with Gasteiger partial charge >= 0.3 is 5.97 Å². The second kappa shape index (κ2) is 7.45. The molecular formula is C13H25N3O3. The Labute approximate surface area is 115 Å². The average Bonchev–Trinajstić information content (AvgIpc) is 2.45. The third-order valence-corrected chi connectivity index (χ3v) is 3.85. The molecule has 0 aliphatic carbocycles. The number of hydrogen-bond acceptors (Lipinski definition) is 5. The highest BCUT2D eigenvalue weighted by atomic mass is 16.5. The third-order valence-electron chi connectivity index (χ3n) is 3.85. The number of ether oxygens (including phenoxy) is 1. The summed E-state index contributed by atoms with van der Waals surface area (Å²) in [6, 6.07) is -0.0284. The van der Waals surface area contributed by atoms with Crippen LogP contribution in [0.4, 0.5) is 0 Å². The number of methoxy groups -OCH3 is 1. The minimum absolute atomic E-state index is 0.0284. The van der Waals surface area contributed by atoms with Gasteiger partial charge in [-0.15, -0.1) is 0 Å². The molecule has 19 heavy (non-hydrogen) atoms. The van der Waals surface area contributed by atoms with E-state index in [1.54, 1.807) is 0 Å². The van der Waals surface area contributed by atoms with Gasteiger partial charge in [0.2, 0.25) is 5.91 Å². The number of carbonyl (C=O) groups is 2. The van der Waals surface area contributed by atoms with E-state index in [-0.39, 0.29) is 23.8 Å².